The SMILES string of the molecule is Cc1nc(OC2CN(C(=O)OC(C)(C)C)C2)nc(C)c1Br. The molecule has 0 aliphatic carbocycles. The number of hydrogen-bond acceptors (Lipinski definition) is 5. The highest BCUT2D eigenvalue weighted by molar-refractivity contribution is 9.10. The summed E-state index contributed by atoms with van der Waals surface area (Å²) in [7, 11) is 0. The molecule has 0 unspecified atom stereocenters. The van der Waals surface area contributed by atoms with E-state index < -0.39 is 5.60 Å². The molecule has 0 saturated carbocycles. The van der Waals surface area contributed by atoms with E-state index in [1.807, 2.05) is 34.6 Å². The van der Waals surface area contributed by atoms with Gasteiger partial charge in [-0.1, -0.05) is 0 Å². The van der Waals surface area contributed by atoms with Crippen LogP contribution in [0.15, 0.2) is 4.47 Å². The number of aromatic nitrogens is 2. The van der Waals surface area contributed by atoms with Gasteiger partial charge >= 0.3 is 12.1 Å². The quantitative estimate of drug-likeness (QED) is 0.814. The summed E-state index contributed by atoms with van der Waals surface area (Å²) in [6.07, 6.45) is -0.399. The van der Waals surface area contributed by atoms with Gasteiger partial charge in [-0.25, -0.2) is 4.79 Å². The van der Waals surface area contributed by atoms with Gasteiger partial charge in [0.2, 0.25) is 0 Å². The number of rotatable bonds is 2. The number of amides is 1. The van der Waals surface area contributed by atoms with Crippen LogP contribution >= 0.6 is 15.9 Å². The normalized spacial score (nSPS) is 15.6. The molecule has 0 aromatic carbocycles. The molecular formula is C14H20BrN3O3. The van der Waals surface area contributed by atoms with Crippen molar-refractivity contribution in [2.24, 2.45) is 0 Å². The Bertz CT molecular complexity index is 528. The summed E-state index contributed by atoms with van der Waals surface area (Å²) in [5.74, 6) is 0. The molecule has 0 radical (unpaired) electrons. The molecule has 1 fully saturated rings. The van der Waals surface area contributed by atoms with Crippen molar-refractivity contribution in [3.05, 3.63) is 15.9 Å². The number of ether oxygens (including phenoxy) is 2. The zero-order valence-electron chi connectivity index (χ0n) is 12.9. The molecule has 2 rings (SSSR count). The molecule has 2 heterocycles. The van der Waals surface area contributed by atoms with Crippen molar-refractivity contribution in [2.75, 3.05) is 13.1 Å². The molecule has 1 saturated heterocycles. The van der Waals surface area contributed by atoms with Crippen LogP contribution in [0.5, 0.6) is 6.01 Å². The average molecular weight is 358 g/mol. The molecule has 7 heteroatoms. The fraction of sp³-hybridized carbons (Fsp3) is 0.643. The van der Waals surface area contributed by atoms with Gasteiger partial charge < -0.3 is 14.4 Å². The van der Waals surface area contributed by atoms with Crippen LogP contribution in [0.3, 0.4) is 0 Å². The molecule has 0 atom stereocenters. The third-order valence-corrected chi connectivity index (χ3v) is 4.08. The van der Waals surface area contributed by atoms with Crippen LogP contribution in [0.4, 0.5) is 4.79 Å². The first-order chi connectivity index (χ1) is 9.65. The Kier molecular flexibility index (Phi) is 4.41. The second kappa shape index (κ2) is 5.79. The van der Waals surface area contributed by atoms with E-state index in [1.165, 1.54) is 0 Å². The number of halogens is 1. The maximum absolute atomic E-state index is 11.8. The summed E-state index contributed by atoms with van der Waals surface area (Å²) in [4.78, 5) is 21.9. The smallest absolute Gasteiger partial charge is 0.410 e. The Balaban J connectivity index is 1.87. The summed E-state index contributed by atoms with van der Waals surface area (Å²) in [5, 5.41) is 0. The lowest BCUT2D eigenvalue weighted by Gasteiger charge is -2.38. The van der Waals surface area contributed by atoms with Gasteiger partial charge in [0.25, 0.3) is 0 Å². The molecule has 0 bridgehead atoms. The summed E-state index contributed by atoms with van der Waals surface area (Å²) in [6.45, 7) is 10.3. The lowest BCUT2D eigenvalue weighted by Crippen LogP contribution is -2.57. The number of carbonyl (C=O) groups excluding carboxylic acids is 1. The minimum atomic E-state index is -0.480. The Morgan fingerprint density at radius 1 is 1.24 bits per heavy atom. The fourth-order valence-electron chi connectivity index (χ4n) is 1.86. The Morgan fingerprint density at radius 3 is 2.24 bits per heavy atom. The van der Waals surface area contributed by atoms with Gasteiger partial charge in [-0.15, -0.1) is 0 Å². The van der Waals surface area contributed by atoms with Gasteiger partial charge in [-0.3, -0.25) is 0 Å². The predicted octanol–water partition coefficient (Wildman–Crippen LogP) is 2.85. The highest BCUT2D eigenvalue weighted by Gasteiger charge is 2.35. The third kappa shape index (κ3) is 4.06. The fourth-order valence-corrected chi connectivity index (χ4v) is 2.04. The van der Waals surface area contributed by atoms with Crippen molar-refractivity contribution in [2.45, 2.75) is 46.3 Å². The van der Waals surface area contributed by atoms with Crippen molar-refractivity contribution < 1.29 is 14.3 Å². The highest BCUT2D eigenvalue weighted by atomic mass is 79.9. The standard InChI is InChI=1S/C14H20BrN3O3/c1-8-11(15)9(2)17-12(16-8)20-10-6-18(7-10)13(19)21-14(3,4)5/h10H,6-7H2,1-5H3. The Morgan fingerprint density at radius 2 is 1.76 bits per heavy atom. The highest BCUT2D eigenvalue weighted by Crippen LogP contribution is 2.22. The van der Waals surface area contributed by atoms with Gasteiger partial charge in [0.1, 0.15) is 11.7 Å². The number of aryl methyl sites for hydroxylation is 2. The summed E-state index contributed by atoms with van der Waals surface area (Å²) in [6, 6.07) is 0.349. The molecule has 1 aliphatic rings. The van der Waals surface area contributed by atoms with Crippen LogP contribution in [-0.2, 0) is 4.74 Å². The number of hydrogen-bond donors (Lipinski definition) is 0. The molecule has 116 valence electrons. The molecule has 1 aromatic heterocycles. The lowest BCUT2D eigenvalue weighted by molar-refractivity contribution is -0.0245. The monoisotopic (exact) mass is 357 g/mol. The first-order valence-corrected chi connectivity index (χ1v) is 7.60. The largest absolute Gasteiger partial charge is 0.456 e. The lowest BCUT2D eigenvalue weighted by atomic mass is 10.2. The van der Waals surface area contributed by atoms with Gasteiger partial charge in [-0.05, 0) is 50.5 Å². The second-order valence-corrected chi connectivity index (χ2v) is 6.91. The van der Waals surface area contributed by atoms with Gasteiger partial charge in [0, 0.05) is 0 Å². The van der Waals surface area contributed by atoms with Crippen LogP contribution in [0, 0.1) is 13.8 Å². The van der Waals surface area contributed by atoms with Crippen LogP contribution < -0.4 is 4.74 Å². The topological polar surface area (TPSA) is 64.5 Å². The van der Waals surface area contributed by atoms with E-state index in [9.17, 15) is 4.79 Å². The number of nitrogens with zero attached hydrogens (tertiary/aromatic N) is 3. The maximum atomic E-state index is 11.8. The predicted molar refractivity (Wildman–Crippen MR) is 81.4 cm³/mol. The van der Waals surface area contributed by atoms with Gasteiger partial charge in [0.05, 0.1) is 29.0 Å². The van der Waals surface area contributed by atoms with Crippen molar-refractivity contribution >= 4 is 22.0 Å². The van der Waals surface area contributed by atoms with Gasteiger partial charge in [-0.2, -0.15) is 9.97 Å². The molecule has 1 aromatic rings. The summed E-state index contributed by atoms with van der Waals surface area (Å²) >= 11 is 3.42. The first-order valence-electron chi connectivity index (χ1n) is 6.81. The van der Waals surface area contributed by atoms with Crippen molar-refractivity contribution in [1.29, 1.82) is 0 Å². The molecule has 1 aliphatic heterocycles. The maximum Gasteiger partial charge on any atom is 0.410 e. The minimum Gasteiger partial charge on any atom is -0.456 e. The van der Waals surface area contributed by atoms with E-state index in [2.05, 4.69) is 25.9 Å². The Labute approximate surface area is 133 Å². The van der Waals surface area contributed by atoms with Crippen LogP contribution in [-0.4, -0.2) is 45.8 Å². The van der Waals surface area contributed by atoms with E-state index in [0.717, 1.165) is 15.9 Å². The number of carbonyl (C=O) groups is 1. The van der Waals surface area contributed by atoms with E-state index in [-0.39, 0.29) is 12.2 Å². The number of likely N-dealkylation sites (tertiary alicyclic amines) is 1. The van der Waals surface area contributed by atoms with Gasteiger partial charge in [0.15, 0.2) is 0 Å². The van der Waals surface area contributed by atoms with Crippen molar-refractivity contribution in [1.82, 2.24) is 14.9 Å². The van der Waals surface area contributed by atoms with E-state index >= 15 is 0 Å². The third-order valence-electron chi connectivity index (χ3n) is 2.93. The Hall–Kier alpha value is -1.37. The molecule has 1 amide bonds. The molecule has 6 nitrogen and oxygen atoms in total. The summed E-state index contributed by atoms with van der Waals surface area (Å²) in [5.41, 5.74) is 1.19. The van der Waals surface area contributed by atoms with Crippen molar-refractivity contribution in [3.63, 3.8) is 0 Å². The van der Waals surface area contributed by atoms with Crippen LogP contribution in [0.1, 0.15) is 32.2 Å². The molecule has 0 spiro atoms. The minimum absolute atomic E-state index is 0.0857. The first kappa shape index (κ1) is 16.0. The average Bonchev–Trinajstić information content (AvgIpc) is 2.27. The molecular weight excluding hydrogens is 338 g/mol. The zero-order valence-corrected chi connectivity index (χ0v) is 14.5. The second-order valence-electron chi connectivity index (χ2n) is 6.12. The van der Waals surface area contributed by atoms with E-state index in [0.29, 0.717) is 19.1 Å². The van der Waals surface area contributed by atoms with Crippen LogP contribution in [0.2, 0.25) is 0 Å². The van der Waals surface area contributed by atoms with E-state index in [1.54, 1.807) is 4.90 Å². The zero-order chi connectivity index (χ0) is 15.8. The summed E-state index contributed by atoms with van der Waals surface area (Å²) < 4.78 is 11.9. The van der Waals surface area contributed by atoms with Crippen LogP contribution in [0.25, 0.3) is 0 Å². The van der Waals surface area contributed by atoms with E-state index in [4.69, 9.17) is 9.47 Å². The molecule has 21 heavy (non-hydrogen) atoms. The molecule has 0 N–H and O–H groups in total. The van der Waals surface area contributed by atoms with Crippen molar-refractivity contribution in [3.8, 4) is 6.01 Å².